The second-order valence-electron chi connectivity index (χ2n) is 6.31. The summed E-state index contributed by atoms with van der Waals surface area (Å²) in [5.41, 5.74) is 3.40. The van der Waals surface area contributed by atoms with Gasteiger partial charge in [-0.25, -0.2) is 0 Å². The molecule has 0 aliphatic carbocycles. The molecule has 0 spiro atoms. The van der Waals surface area contributed by atoms with Gasteiger partial charge in [0.15, 0.2) is 0 Å². The molecule has 3 rings (SSSR count). The van der Waals surface area contributed by atoms with E-state index in [-0.39, 0.29) is 0 Å². The predicted octanol–water partition coefficient (Wildman–Crippen LogP) is 5.62. The van der Waals surface area contributed by atoms with Crippen LogP contribution in [0.1, 0.15) is 20.8 Å². The molecule has 3 aromatic rings. The molecule has 0 bridgehead atoms. The van der Waals surface area contributed by atoms with Gasteiger partial charge in [-0.1, -0.05) is 0 Å². The fourth-order valence-electron chi connectivity index (χ4n) is 3.58. The Morgan fingerprint density at radius 3 is 2.09 bits per heavy atom. The number of hydrogen-bond donors (Lipinski definition) is 0. The molecule has 0 saturated carbocycles. The number of pyridine rings is 1. The molecule has 1 aromatic heterocycles. The monoisotopic (exact) mass is 365 g/mol. The van der Waals surface area contributed by atoms with Crippen LogP contribution >= 0.6 is 0 Å². The van der Waals surface area contributed by atoms with Crippen molar-refractivity contribution in [3.8, 4) is 11.3 Å². The van der Waals surface area contributed by atoms with E-state index in [2.05, 4.69) is 75.4 Å². The van der Waals surface area contributed by atoms with Gasteiger partial charge >= 0.3 is 142 Å². The molecule has 0 fully saturated rings. The Kier molecular flexibility index (Phi) is 4.86. The molecule has 1 nitrogen and oxygen atoms in total. The maximum absolute atomic E-state index is 4.95. The maximum atomic E-state index is 4.95. The number of aromatic nitrogens is 1. The number of nitrogens with zero attached hydrogens (tertiary/aromatic N) is 1. The molecule has 0 saturated heterocycles. The van der Waals surface area contributed by atoms with Crippen molar-refractivity contribution in [3.63, 3.8) is 0 Å². The Labute approximate surface area is 142 Å². The number of benzene rings is 2. The quantitative estimate of drug-likeness (QED) is 0.536. The van der Waals surface area contributed by atoms with Gasteiger partial charge < -0.3 is 0 Å². The second-order valence-corrected chi connectivity index (χ2v) is 17.3. The van der Waals surface area contributed by atoms with E-state index < -0.39 is 13.3 Å². The molecule has 0 atom stereocenters. The summed E-state index contributed by atoms with van der Waals surface area (Å²) in [7, 11) is 0. The van der Waals surface area contributed by atoms with Crippen molar-refractivity contribution >= 4 is 28.6 Å². The molecule has 0 radical (unpaired) electrons. The zero-order valence-corrected chi connectivity index (χ0v) is 16.4. The van der Waals surface area contributed by atoms with Crippen LogP contribution in [-0.4, -0.2) is 18.3 Å². The third kappa shape index (κ3) is 3.07. The van der Waals surface area contributed by atoms with Gasteiger partial charge in [-0.15, -0.1) is 0 Å². The van der Waals surface area contributed by atoms with Gasteiger partial charge in [-0.05, 0) is 0 Å². The zero-order chi connectivity index (χ0) is 16.3. The van der Waals surface area contributed by atoms with Gasteiger partial charge in [-0.2, -0.15) is 0 Å². The first-order chi connectivity index (χ1) is 11.2. The van der Waals surface area contributed by atoms with E-state index in [0.29, 0.717) is 0 Å². The van der Waals surface area contributed by atoms with E-state index in [1.807, 2.05) is 6.07 Å². The van der Waals surface area contributed by atoms with Crippen LogP contribution in [0.2, 0.25) is 15.8 Å². The summed E-state index contributed by atoms with van der Waals surface area (Å²) < 4.78 is 1.61. The van der Waals surface area contributed by atoms with Gasteiger partial charge in [-0.3, -0.25) is 0 Å². The summed E-state index contributed by atoms with van der Waals surface area (Å²) in [5, 5.41) is 5.32. The average Bonchev–Trinajstić information content (AvgIpc) is 2.64. The van der Waals surface area contributed by atoms with Gasteiger partial charge in [0.2, 0.25) is 0 Å². The normalized spacial score (nSPS) is 11.8. The molecule has 0 N–H and O–H groups in total. The predicted molar refractivity (Wildman–Crippen MR) is 104 cm³/mol. The van der Waals surface area contributed by atoms with E-state index >= 15 is 0 Å². The Hall–Kier alpha value is -1.61. The van der Waals surface area contributed by atoms with Crippen LogP contribution in [0.4, 0.5) is 0 Å². The Morgan fingerprint density at radius 2 is 1.43 bits per heavy atom. The molecular formula is C21H25GeN. The van der Waals surface area contributed by atoms with Crippen LogP contribution < -0.4 is 4.40 Å². The van der Waals surface area contributed by atoms with Crippen LogP contribution in [0.15, 0.2) is 60.7 Å². The first-order valence-electron chi connectivity index (χ1n) is 8.69. The number of hydrogen-bond acceptors (Lipinski definition) is 1. The molecule has 0 amide bonds. The standard InChI is InChI=1S/C21H25GeN/c1-4-22(5-2,6-3)19-14-12-18-13-15-20(23-21(18)16-19)17-10-8-7-9-11-17/h7-16H,4-6H2,1-3H3. The summed E-state index contributed by atoms with van der Waals surface area (Å²) in [6.07, 6.45) is 0. The molecule has 0 aliphatic rings. The van der Waals surface area contributed by atoms with Crippen LogP contribution in [0.5, 0.6) is 0 Å². The average molecular weight is 364 g/mol. The van der Waals surface area contributed by atoms with Crippen LogP contribution in [0, 0.1) is 0 Å². The second kappa shape index (κ2) is 6.88. The van der Waals surface area contributed by atoms with Crippen molar-refractivity contribution in [1.29, 1.82) is 0 Å². The molecule has 0 unspecified atom stereocenters. The summed E-state index contributed by atoms with van der Waals surface area (Å²) in [5.74, 6) is 0. The molecule has 2 heteroatoms. The number of rotatable bonds is 5. The van der Waals surface area contributed by atoms with Crippen molar-refractivity contribution in [3.05, 3.63) is 60.7 Å². The summed E-state index contributed by atoms with van der Waals surface area (Å²) >= 11 is -1.92. The summed E-state index contributed by atoms with van der Waals surface area (Å²) in [4.78, 5) is 4.95. The van der Waals surface area contributed by atoms with E-state index in [1.165, 1.54) is 26.7 Å². The van der Waals surface area contributed by atoms with Crippen molar-refractivity contribution in [1.82, 2.24) is 4.98 Å². The minimum absolute atomic E-state index is 1.07. The van der Waals surface area contributed by atoms with Crippen molar-refractivity contribution in [2.45, 2.75) is 36.5 Å². The van der Waals surface area contributed by atoms with Gasteiger partial charge in [0, 0.05) is 0 Å². The van der Waals surface area contributed by atoms with Crippen LogP contribution in [0.3, 0.4) is 0 Å². The third-order valence-electron chi connectivity index (χ3n) is 5.40. The Bertz CT molecular complexity index is 783. The van der Waals surface area contributed by atoms with Crippen molar-refractivity contribution in [2.75, 3.05) is 0 Å². The molecule has 0 aliphatic heterocycles. The van der Waals surface area contributed by atoms with E-state index in [9.17, 15) is 0 Å². The first-order valence-corrected chi connectivity index (χ1v) is 14.2. The van der Waals surface area contributed by atoms with Gasteiger partial charge in [0.25, 0.3) is 0 Å². The Morgan fingerprint density at radius 1 is 0.783 bits per heavy atom. The SMILES string of the molecule is C[CH2][Ge]([CH2]C)([CH2]C)[c]1ccc2ccc(-c3ccccc3)nc2c1. The van der Waals surface area contributed by atoms with E-state index in [0.717, 1.165) is 11.2 Å². The molecule has 23 heavy (non-hydrogen) atoms. The molecular weight excluding hydrogens is 339 g/mol. The van der Waals surface area contributed by atoms with E-state index in [1.54, 1.807) is 4.40 Å². The number of fused-ring (bicyclic) bond motifs is 1. The van der Waals surface area contributed by atoms with Crippen molar-refractivity contribution in [2.24, 2.45) is 0 Å². The van der Waals surface area contributed by atoms with Crippen molar-refractivity contribution < 1.29 is 0 Å². The summed E-state index contributed by atoms with van der Waals surface area (Å²) in [6, 6.07) is 21.8. The fraction of sp³-hybridized carbons (Fsp3) is 0.286. The topological polar surface area (TPSA) is 12.9 Å². The fourth-order valence-corrected chi connectivity index (χ4v) is 11.1. The first kappa shape index (κ1) is 16.3. The van der Waals surface area contributed by atoms with Crippen LogP contribution in [0.25, 0.3) is 22.2 Å². The molecule has 1 heterocycles. The van der Waals surface area contributed by atoms with Gasteiger partial charge in [0.05, 0.1) is 0 Å². The van der Waals surface area contributed by atoms with Crippen LogP contribution in [-0.2, 0) is 0 Å². The zero-order valence-electron chi connectivity index (χ0n) is 14.3. The Balaban J connectivity index is 2.11. The third-order valence-corrected chi connectivity index (χ3v) is 17.1. The molecule has 118 valence electrons. The summed E-state index contributed by atoms with van der Waals surface area (Å²) in [6.45, 7) is 7.14. The minimum atomic E-state index is -1.92. The molecule has 2 aromatic carbocycles. The van der Waals surface area contributed by atoms with E-state index in [4.69, 9.17) is 4.98 Å². The van der Waals surface area contributed by atoms with Gasteiger partial charge in [0.1, 0.15) is 0 Å².